The zero-order valence-corrected chi connectivity index (χ0v) is 14.8. The zero-order valence-electron chi connectivity index (χ0n) is 13.3. The first-order valence-electron chi connectivity index (χ1n) is 7.24. The molecule has 1 amide bonds. The molecule has 3 rings (SSSR count). The number of halogens is 2. The lowest BCUT2D eigenvalue weighted by molar-refractivity contribution is -0.115. The number of aliphatic imine (C=N–C) groups is 1. The first kappa shape index (κ1) is 18.0. The molecule has 1 aliphatic heterocycles. The number of methoxy groups -OCH3 is 1. The van der Waals surface area contributed by atoms with E-state index < -0.39 is 17.4 Å². The number of ether oxygens (including phenoxy) is 2. The second-order valence-corrected chi connectivity index (χ2v) is 5.75. The summed E-state index contributed by atoms with van der Waals surface area (Å²) in [7, 11) is 1.53. The first-order valence-corrected chi connectivity index (χ1v) is 8.06. The molecule has 8 nitrogen and oxygen atoms in total. The summed E-state index contributed by atoms with van der Waals surface area (Å²) in [6.45, 7) is 0. The molecule has 10 heteroatoms. The van der Waals surface area contributed by atoms with Crippen molar-refractivity contribution in [3.63, 3.8) is 0 Å². The fraction of sp³-hybridized carbons (Fsp3) is 0.125. The van der Waals surface area contributed by atoms with Gasteiger partial charge in [0.25, 0.3) is 11.5 Å². The quantitative estimate of drug-likeness (QED) is 0.606. The van der Waals surface area contributed by atoms with Crippen molar-refractivity contribution in [1.82, 2.24) is 9.97 Å². The van der Waals surface area contributed by atoms with E-state index >= 15 is 0 Å². The van der Waals surface area contributed by atoms with Gasteiger partial charge in [-0.15, -0.1) is 0 Å². The number of H-pyrrole nitrogens is 1. The Morgan fingerprint density at radius 2 is 2.12 bits per heavy atom. The molecule has 0 spiro atoms. The molecular weight excluding hydrogens is 383 g/mol. The van der Waals surface area contributed by atoms with Gasteiger partial charge in [0, 0.05) is 0 Å². The van der Waals surface area contributed by atoms with Gasteiger partial charge in [-0.3, -0.25) is 14.6 Å². The third-order valence-corrected chi connectivity index (χ3v) is 4.05. The lowest BCUT2D eigenvalue weighted by Crippen LogP contribution is -2.31. The van der Waals surface area contributed by atoms with Crippen molar-refractivity contribution in [3.05, 3.63) is 62.5 Å². The van der Waals surface area contributed by atoms with E-state index in [9.17, 15) is 9.59 Å². The normalized spacial score (nSPS) is 16.3. The largest absolute Gasteiger partial charge is 0.497 e. The Balaban J connectivity index is 2.31. The van der Waals surface area contributed by atoms with Crippen LogP contribution >= 0.6 is 23.2 Å². The minimum absolute atomic E-state index is 0.0332. The minimum Gasteiger partial charge on any atom is -0.497 e. The van der Waals surface area contributed by atoms with Crippen LogP contribution in [0, 0.1) is 0 Å². The fourth-order valence-electron chi connectivity index (χ4n) is 2.70. The van der Waals surface area contributed by atoms with Gasteiger partial charge in [0.1, 0.15) is 5.75 Å². The van der Waals surface area contributed by atoms with Crippen LogP contribution in [-0.2, 0) is 4.79 Å². The monoisotopic (exact) mass is 394 g/mol. The first-order chi connectivity index (χ1) is 12.5. The highest BCUT2D eigenvalue weighted by atomic mass is 35.5. The summed E-state index contributed by atoms with van der Waals surface area (Å²) < 4.78 is 10.6. The molecule has 2 aromatic rings. The molecule has 2 heterocycles. The van der Waals surface area contributed by atoms with Crippen molar-refractivity contribution in [2.24, 2.45) is 10.7 Å². The minimum atomic E-state index is -0.869. The predicted octanol–water partition coefficient (Wildman–Crippen LogP) is 1.92. The van der Waals surface area contributed by atoms with Crippen LogP contribution in [0.15, 0.2) is 45.5 Å². The predicted molar refractivity (Wildman–Crippen MR) is 95.9 cm³/mol. The van der Waals surface area contributed by atoms with Crippen molar-refractivity contribution < 1.29 is 14.3 Å². The zero-order chi connectivity index (χ0) is 18.8. The molecule has 26 heavy (non-hydrogen) atoms. The molecule has 3 N–H and O–H groups in total. The third-order valence-electron chi connectivity index (χ3n) is 3.77. The van der Waals surface area contributed by atoms with E-state index in [1.54, 1.807) is 24.3 Å². The van der Waals surface area contributed by atoms with Crippen LogP contribution in [0.4, 0.5) is 0 Å². The van der Waals surface area contributed by atoms with Crippen molar-refractivity contribution in [1.29, 1.82) is 0 Å². The number of carbonyl (C=O) groups is 1. The summed E-state index contributed by atoms with van der Waals surface area (Å²) in [5, 5.41) is -0.168. The average Bonchev–Trinajstić information content (AvgIpc) is 2.60. The number of nitrogens with zero attached hydrogens (tertiary/aromatic N) is 2. The highest BCUT2D eigenvalue weighted by molar-refractivity contribution is 6.56. The van der Waals surface area contributed by atoms with Crippen molar-refractivity contribution in [3.8, 4) is 11.6 Å². The van der Waals surface area contributed by atoms with Gasteiger partial charge in [0.15, 0.2) is 0 Å². The third kappa shape index (κ3) is 3.16. The van der Waals surface area contributed by atoms with Crippen LogP contribution in [0.3, 0.4) is 0 Å². The van der Waals surface area contributed by atoms with Gasteiger partial charge in [-0.2, -0.15) is 4.98 Å². The Morgan fingerprint density at radius 3 is 2.69 bits per heavy atom. The second kappa shape index (κ2) is 7.19. The number of nitrogens with two attached hydrogens (primary N) is 1. The van der Waals surface area contributed by atoms with Crippen LogP contribution in [0.1, 0.15) is 17.0 Å². The molecule has 1 aromatic heterocycles. The van der Waals surface area contributed by atoms with Gasteiger partial charge >= 0.3 is 0 Å². The Kier molecular flexibility index (Phi) is 4.97. The maximum absolute atomic E-state index is 12.5. The molecule has 1 aromatic carbocycles. The summed E-state index contributed by atoms with van der Waals surface area (Å²) in [5.74, 6) is -1.32. The van der Waals surface area contributed by atoms with Gasteiger partial charge in [-0.1, -0.05) is 23.7 Å². The van der Waals surface area contributed by atoms with E-state index in [-0.39, 0.29) is 28.2 Å². The number of rotatable bonds is 4. The number of primary amides is 1. The van der Waals surface area contributed by atoms with E-state index in [1.807, 2.05) is 0 Å². The highest BCUT2D eigenvalue weighted by Crippen LogP contribution is 2.41. The van der Waals surface area contributed by atoms with Crippen molar-refractivity contribution in [2.75, 3.05) is 7.11 Å². The summed E-state index contributed by atoms with van der Waals surface area (Å²) in [5.41, 5.74) is 6.53. The molecule has 0 saturated carbocycles. The number of benzene rings is 1. The van der Waals surface area contributed by atoms with E-state index in [1.165, 1.54) is 7.11 Å². The number of aromatic nitrogens is 2. The fourth-order valence-corrected chi connectivity index (χ4v) is 2.95. The Bertz CT molecular complexity index is 983. The maximum Gasteiger partial charge on any atom is 0.259 e. The number of nitrogens with one attached hydrogen (secondary N) is 1. The van der Waals surface area contributed by atoms with E-state index in [0.717, 1.165) is 5.67 Å². The van der Waals surface area contributed by atoms with E-state index in [0.29, 0.717) is 11.3 Å². The number of hydrogen-bond acceptors (Lipinski definition) is 6. The SMILES string of the molecule is COc1ccc(C2C(C(N)=O)=C(N=CCl)Oc3nc(Cl)[nH]c(=O)c32)cc1. The Labute approximate surface area is 157 Å². The maximum atomic E-state index is 12.5. The summed E-state index contributed by atoms with van der Waals surface area (Å²) in [6, 6.07) is 6.76. The lowest BCUT2D eigenvalue weighted by atomic mass is 9.84. The summed E-state index contributed by atoms with van der Waals surface area (Å²) in [6.07, 6.45) is 0. The molecule has 0 bridgehead atoms. The molecule has 134 valence electrons. The molecule has 0 saturated heterocycles. The number of fused-ring (bicyclic) bond motifs is 1. The molecule has 1 unspecified atom stereocenters. The molecule has 1 atom stereocenters. The number of aromatic amines is 1. The van der Waals surface area contributed by atoms with Gasteiger partial charge in [-0.25, -0.2) is 4.99 Å². The van der Waals surface area contributed by atoms with Crippen LogP contribution in [0.5, 0.6) is 11.6 Å². The molecule has 0 fully saturated rings. The molecule has 0 aliphatic carbocycles. The number of carbonyl (C=O) groups excluding carboxylic acids is 1. The van der Waals surface area contributed by atoms with E-state index in [4.69, 9.17) is 38.4 Å². The highest BCUT2D eigenvalue weighted by Gasteiger charge is 2.37. The Morgan fingerprint density at radius 1 is 1.42 bits per heavy atom. The Hall–Kier alpha value is -2.84. The van der Waals surface area contributed by atoms with Gasteiger partial charge < -0.3 is 15.2 Å². The second-order valence-electron chi connectivity index (χ2n) is 5.19. The number of hydrogen-bond donors (Lipinski definition) is 2. The summed E-state index contributed by atoms with van der Waals surface area (Å²) in [4.78, 5) is 34.8. The molecular formula is C16H12Cl2N4O4. The smallest absolute Gasteiger partial charge is 0.259 e. The van der Waals surface area contributed by atoms with E-state index in [2.05, 4.69) is 15.0 Å². The molecule has 0 radical (unpaired) electrons. The van der Waals surface area contributed by atoms with Crippen LogP contribution in [0.2, 0.25) is 5.28 Å². The molecule has 1 aliphatic rings. The number of amides is 1. The van der Waals surface area contributed by atoms with Crippen molar-refractivity contribution in [2.45, 2.75) is 5.92 Å². The van der Waals surface area contributed by atoms with Gasteiger partial charge in [0.05, 0.1) is 29.8 Å². The standard InChI is InChI=1S/C16H12Cl2N4O4/c1-25-8-4-2-7(3-5-8)9-10(12(19)23)14(20-6-17)26-15-11(9)13(24)21-16(18)22-15/h2-6,9H,1H3,(H2,19,23)(H,21,22,24). The van der Waals surface area contributed by atoms with Crippen LogP contribution in [0.25, 0.3) is 0 Å². The van der Waals surface area contributed by atoms with Crippen LogP contribution < -0.4 is 20.8 Å². The van der Waals surface area contributed by atoms with Gasteiger partial charge in [-0.05, 0) is 29.3 Å². The topological polar surface area (TPSA) is 120 Å². The lowest BCUT2D eigenvalue weighted by Gasteiger charge is -2.26. The van der Waals surface area contributed by atoms with Gasteiger partial charge in [0.2, 0.25) is 17.0 Å². The van der Waals surface area contributed by atoms with Crippen LogP contribution in [-0.4, -0.2) is 28.7 Å². The average molecular weight is 395 g/mol. The van der Waals surface area contributed by atoms with Crippen molar-refractivity contribution >= 4 is 34.8 Å². The summed E-state index contributed by atoms with van der Waals surface area (Å²) >= 11 is 11.3.